The van der Waals surface area contributed by atoms with Crippen LogP contribution in [0.5, 0.6) is 0 Å². The first-order chi connectivity index (χ1) is 9.50. The Kier molecular flexibility index (Phi) is 12.9. The van der Waals surface area contributed by atoms with Gasteiger partial charge >= 0.3 is 0 Å². The standard InChI is InChI=1S/C19H37/c1-2-4-6-8-10-12-14-16-18-19-17-15-13-11-9-7-5-3-1/h1H,2-19H2. The van der Waals surface area contributed by atoms with Crippen LogP contribution < -0.4 is 0 Å². The van der Waals surface area contributed by atoms with Crippen LogP contribution in [0.4, 0.5) is 0 Å². The van der Waals surface area contributed by atoms with Gasteiger partial charge in [0.05, 0.1) is 0 Å². The number of hydrogen-bond donors (Lipinski definition) is 0. The third-order valence-corrected chi connectivity index (χ3v) is 4.57. The summed E-state index contributed by atoms with van der Waals surface area (Å²) in [5.41, 5.74) is 0. The van der Waals surface area contributed by atoms with E-state index in [1.807, 2.05) is 0 Å². The van der Waals surface area contributed by atoms with E-state index in [0.29, 0.717) is 0 Å². The lowest BCUT2D eigenvalue weighted by molar-refractivity contribution is 0.531. The van der Waals surface area contributed by atoms with E-state index < -0.39 is 0 Å². The Bertz CT molecular complexity index is 80.7. The predicted molar refractivity (Wildman–Crippen MR) is 87.4 cm³/mol. The lowest BCUT2D eigenvalue weighted by atomic mass is 10.0. The molecule has 0 aromatic rings. The molecule has 0 atom stereocenters. The van der Waals surface area contributed by atoms with Gasteiger partial charge in [-0.15, -0.1) is 0 Å². The molecule has 1 rings (SSSR count). The van der Waals surface area contributed by atoms with Crippen LogP contribution in [-0.2, 0) is 0 Å². The van der Waals surface area contributed by atoms with E-state index in [1.165, 1.54) is 116 Å². The monoisotopic (exact) mass is 265 g/mol. The zero-order valence-electron chi connectivity index (χ0n) is 13.3. The Morgan fingerprint density at radius 2 is 0.474 bits per heavy atom. The van der Waals surface area contributed by atoms with Gasteiger partial charge in [0.2, 0.25) is 0 Å². The Morgan fingerprint density at radius 1 is 0.263 bits per heavy atom. The van der Waals surface area contributed by atoms with Crippen molar-refractivity contribution < 1.29 is 0 Å². The van der Waals surface area contributed by atoms with E-state index in [1.54, 1.807) is 0 Å². The molecule has 1 saturated carbocycles. The van der Waals surface area contributed by atoms with E-state index in [4.69, 9.17) is 0 Å². The molecule has 0 heterocycles. The van der Waals surface area contributed by atoms with Gasteiger partial charge in [0, 0.05) is 0 Å². The van der Waals surface area contributed by atoms with Gasteiger partial charge < -0.3 is 0 Å². The number of hydrogen-bond acceptors (Lipinski definition) is 0. The largest absolute Gasteiger partial charge is 0.0533 e. The Morgan fingerprint density at radius 3 is 0.737 bits per heavy atom. The van der Waals surface area contributed by atoms with Gasteiger partial charge in [0.15, 0.2) is 0 Å². The van der Waals surface area contributed by atoms with Crippen LogP contribution in [0.1, 0.15) is 116 Å². The van der Waals surface area contributed by atoms with Crippen LogP contribution in [0.15, 0.2) is 0 Å². The fraction of sp³-hybridized carbons (Fsp3) is 0.947. The SMILES string of the molecule is [CH]1CCCCCCCCCCCCCCCCCC1. The topological polar surface area (TPSA) is 0 Å². The fourth-order valence-corrected chi connectivity index (χ4v) is 3.20. The van der Waals surface area contributed by atoms with E-state index in [9.17, 15) is 0 Å². The van der Waals surface area contributed by atoms with E-state index in [0.717, 1.165) is 0 Å². The van der Waals surface area contributed by atoms with Crippen molar-refractivity contribution in [3.8, 4) is 0 Å². The van der Waals surface area contributed by atoms with Crippen LogP contribution in [0, 0.1) is 6.42 Å². The molecule has 0 bridgehead atoms. The first-order valence-electron chi connectivity index (χ1n) is 9.32. The highest BCUT2D eigenvalue weighted by Crippen LogP contribution is 2.16. The minimum absolute atomic E-state index is 1.38. The summed E-state index contributed by atoms with van der Waals surface area (Å²) >= 11 is 0. The van der Waals surface area contributed by atoms with Crippen molar-refractivity contribution in [2.45, 2.75) is 116 Å². The molecule has 0 N–H and O–H groups in total. The summed E-state index contributed by atoms with van der Waals surface area (Å²) in [6, 6.07) is 0. The number of rotatable bonds is 0. The van der Waals surface area contributed by atoms with Crippen molar-refractivity contribution in [2.75, 3.05) is 0 Å². The summed E-state index contributed by atoms with van der Waals surface area (Å²) in [6.07, 6.45) is 29.0. The molecule has 19 heavy (non-hydrogen) atoms. The maximum atomic E-state index is 2.55. The van der Waals surface area contributed by atoms with E-state index >= 15 is 0 Å². The molecule has 0 amide bonds. The molecule has 1 radical (unpaired) electrons. The normalized spacial score (nSPS) is 24.0. The summed E-state index contributed by atoms with van der Waals surface area (Å²) < 4.78 is 0. The van der Waals surface area contributed by atoms with Crippen molar-refractivity contribution >= 4 is 0 Å². The molecule has 1 aliphatic rings. The van der Waals surface area contributed by atoms with Crippen LogP contribution >= 0.6 is 0 Å². The van der Waals surface area contributed by atoms with Crippen LogP contribution in [0.3, 0.4) is 0 Å². The lowest BCUT2D eigenvalue weighted by Crippen LogP contribution is -1.83. The summed E-state index contributed by atoms with van der Waals surface area (Å²) in [5, 5.41) is 0. The van der Waals surface area contributed by atoms with Crippen molar-refractivity contribution in [1.82, 2.24) is 0 Å². The Hall–Kier alpha value is 0. The fourth-order valence-electron chi connectivity index (χ4n) is 3.20. The first kappa shape index (κ1) is 17.1. The third-order valence-electron chi connectivity index (χ3n) is 4.57. The molecular weight excluding hydrogens is 228 g/mol. The highest BCUT2D eigenvalue weighted by molar-refractivity contribution is 4.64. The Labute approximate surface area is 122 Å². The Balaban J connectivity index is 2.01. The third kappa shape index (κ3) is 12.8. The first-order valence-corrected chi connectivity index (χ1v) is 9.32. The van der Waals surface area contributed by atoms with Crippen molar-refractivity contribution in [3.05, 3.63) is 6.42 Å². The van der Waals surface area contributed by atoms with Gasteiger partial charge in [-0.25, -0.2) is 0 Å². The van der Waals surface area contributed by atoms with Gasteiger partial charge in [-0.3, -0.25) is 0 Å². The molecule has 0 nitrogen and oxygen atoms in total. The molecule has 1 aliphatic carbocycles. The minimum Gasteiger partial charge on any atom is -0.0533 e. The summed E-state index contributed by atoms with van der Waals surface area (Å²) in [6.45, 7) is 0. The van der Waals surface area contributed by atoms with Gasteiger partial charge in [-0.05, 0) is 6.42 Å². The van der Waals surface area contributed by atoms with E-state index in [2.05, 4.69) is 6.42 Å². The lowest BCUT2D eigenvalue weighted by Gasteiger charge is -2.03. The van der Waals surface area contributed by atoms with Crippen molar-refractivity contribution in [2.24, 2.45) is 0 Å². The molecule has 0 saturated heterocycles. The molecule has 0 aliphatic heterocycles. The molecule has 0 aromatic heterocycles. The van der Waals surface area contributed by atoms with E-state index in [-0.39, 0.29) is 0 Å². The smallest absolute Gasteiger partial charge is 0.0386 e. The maximum absolute atomic E-state index is 2.55. The zero-order valence-corrected chi connectivity index (χ0v) is 13.3. The average molecular weight is 266 g/mol. The van der Waals surface area contributed by atoms with Crippen molar-refractivity contribution in [1.29, 1.82) is 0 Å². The van der Waals surface area contributed by atoms with Crippen molar-refractivity contribution in [3.63, 3.8) is 0 Å². The highest BCUT2D eigenvalue weighted by Gasteiger charge is 1.96. The second-order valence-corrected chi connectivity index (χ2v) is 6.52. The zero-order chi connectivity index (χ0) is 13.4. The van der Waals surface area contributed by atoms with Gasteiger partial charge in [-0.1, -0.05) is 116 Å². The molecular formula is C19H37. The van der Waals surface area contributed by atoms with Crippen LogP contribution in [0.2, 0.25) is 0 Å². The molecule has 0 unspecified atom stereocenters. The molecule has 0 aromatic carbocycles. The van der Waals surface area contributed by atoms with Crippen LogP contribution in [-0.4, -0.2) is 0 Å². The average Bonchev–Trinajstić information content (AvgIpc) is 2.43. The molecule has 1 fully saturated rings. The van der Waals surface area contributed by atoms with Gasteiger partial charge in [-0.2, -0.15) is 0 Å². The highest BCUT2D eigenvalue weighted by atomic mass is 14.0. The molecule has 0 heteroatoms. The van der Waals surface area contributed by atoms with Gasteiger partial charge in [0.25, 0.3) is 0 Å². The summed E-state index contributed by atoms with van der Waals surface area (Å²) in [5.74, 6) is 0. The summed E-state index contributed by atoms with van der Waals surface area (Å²) in [4.78, 5) is 0. The molecule has 0 spiro atoms. The quantitative estimate of drug-likeness (QED) is 0.433. The second-order valence-electron chi connectivity index (χ2n) is 6.52. The van der Waals surface area contributed by atoms with Crippen LogP contribution in [0.25, 0.3) is 0 Å². The minimum atomic E-state index is 1.38. The second kappa shape index (κ2) is 14.4. The summed E-state index contributed by atoms with van der Waals surface area (Å²) in [7, 11) is 0. The maximum Gasteiger partial charge on any atom is -0.0386 e. The predicted octanol–water partition coefficient (Wildman–Crippen LogP) is 7.23. The molecule has 113 valence electrons. The van der Waals surface area contributed by atoms with Gasteiger partial charge in [0.1, 0.15) is 0 Å².